The van der Waals surface area contributed by atoms with E-state index in [4.69, 9.17) is 14.2 Å². The van der Waals surface area contributed by atoms with Crippen molar-refractivity contribution in [3.8, 4) is 5.75 Å². The van der Waals surface area contributed by atoms with Crippen molar-refractivity contribution >= 4 is 17.6 Å². The van der Waals surface area contributed by atoms with Crippen LogP contribution in [-0.2, 0) is 19.1 Å². The Labute approximate surface area is 134 Å². The fourth-order valence-corrected chi connectivity index (χ4v) is 2.11. The third-order valence-corrected chi connectivity index (χ3v) is 3.24. The fraction of sp³-hybridized carbons (Fsp3) is 0.176. The third kappa shape index (κ3) is 3.42. The van der Waals surface area contributed by atoms with Gasteiger partial charge in [-0.15, -0.1) is 0 Å². The average Bonchev–Trinajstić information content (AvgIpc) is 2.83. The number of rotatable bonds is 4. The second-order valence-electron chi connectivity index (χ2n) is 4.51. The number of carbonyl (C=O) groups is 2. The fourth-order valence-electron chi connectivity index (χ4n) is 2.11. The highest BCUT2D eigenvalue weighted by Gasteiger charge is 2.27. The molecule has 0 unspecified atom stereocenters. The molecule has 0 spiro atoms. The van der Waals surface area contributed by atoms with Crippen molar-refractivity contribution in [1.29, 1.82) is 0 Å². The number of benzene rings is 1. The van der Waals surface area contributed by atoms with Gasteiger partial charge in [-0.25, -0.2) is 9.59 Å². The number of carbonyl (C=O) groups excluding carboxylic acids is 2. The van der Waals surface area contributed by atoms with Gasteiger partial charge in [0.15, 0.2) is 0 Å². The lowest BCUT2D eigenvalue weighted by Crippen LogP contribution is -2.26. The highest BCUT2D eigenvalue weighted by Crippen LogP contribution is 2.27. The number of hydrogen-bond donors (Lipinski definition) is 0. The van der Waals surface area contributed by atoms with Crippen LogP contribution in [0.15, 0.2) is 60.0 Å². The maximum Gasteiger partial charge on any atom is 0.355 e. The SMILES string of the molecule is COC(=O)C1=C(C(=O)OC)N(c2ccc(OC)cc2)C=CC=C1. The van der Waals surface area contributed by atoms with E-state index in [2.05, 4.69) is 0 Å². The minimum absolute atomic E-state index is 0.0783. The molecule has 0 aliphatic carbocycles. The Kier molecular flexibility index (Phi) is 5.19. The van der Waals surface area contributed by atoms with Gasteiger partial charge in [-0.2, -0.15) is 0 Å². The van der Waals surface area contributed by atoms with E-state index in [1.54, 1.807) is 54.6 Å². The van der Waals surface area contributed by atoms with Gasteiger partial charge in [0.1, 0.15) is 11.4 Å². The normalized spacial score (nSPS) is 13.6. The van der Waals surface area contributed by atoms with Crippen molar-refractivity contribution in [3.05, 3.63) is 60.0 Å². The summed E-state index contributed by atoms with van der Waals surface area (Å²) in [6.07, 6.45) is 6.54. The molecule has 1 heterocycles. The van der Waals surface area contributed by atoms with E-state index in [0.717, 1.165) is 0 Å². The van der Waals surface area contributed by atoms with Crippen LogP contribution in [0.4, 0.5) is 5.69 Å². The number of methoxy groups -OCH3 is 3. The number of nitrogens with zero attached hydrogens (tertiary/aromatic N) is 1. The number of allylic oxidation sites excluding steroid dienone is 2. The summed E-state index contributed by atoms with van der Waals surface area (Å²) >= 11 is 0. The van der Waals surface area contributed by atoms with Gasteiger partial charge in [0.05, 0.1) is 26.9 Å². The highest BCUT2D eigenvalue weighted by atomic mass is 16.5. The summed E-state index contributed by atoms with van der Waals surface area (Å²) in [6.45, 7) is 0. The number of esters is 2. The lowest BCUT2D eigenvalue weighted by atomic mass is 10.1. The van der Waals surface area contributed by atoms with Gasteiger partial charge in [0.2, 0.25) is 0 Å². The van der Waals surface area contributed by atoms with Crippen molar-refractivity contribution in [1.82, 2.24) is 0 Å². The second-order valence-corrected chi connectivity index (χ2v) is 4.51. The summed E-state index contributed by atoms with van der Waals surface area (Å²) in [5, 5.41) is 0. The summed E-state index contributed by atoms with van der Waals surface area (Å²) in [5.41, 5.74) is 0.863. The minimum Gasteiger partial charge on any atom is -0.497 e. The molecular weight excluding hydrogens is 298 g/mol. The van der Waals surface area contributed by atoms with Gasteiger partial charge < -0.3 is 19.1 Å². The first kappa shape index (κ1) is 16.4. The van der Waals surface area contributed by atoms with Crippen LogP contribution < -0.4 is 9.64 Å². The summed E-state index contributed by atoms with van der Waals surface area (Å²) in [4.78, 5) is 25.8. The molecule has 1 aromatic rings. The van der Waals surface area contributed by atoms with E-state index in [1.165, 1.54) is 20.3 Å². The van der Waals surface area contributed by atoms with Gasteiger partial charge in [-0.1, -0.05) is 6.08 Å². The van der Waals surface area contributed by atoms with Crippen LogP contribution in [0.3, 0.4) is 0 Å². The van der Waals surface area contributed by atoms with Crippen molar-refractivity contribution < 1.29 is 23.8 Å². The molecule has 1 aliphatic heterocycles. The van der Waals surface area contributed by atoms with Crippen LogP contribution in [-0.4, -0.2) is 33.3 Å². The standard InChI is InChI=1S/C17H17NO5/c1-21-13-9-7-12(8-10-13)18-11-5-4-6-14(16(19)22-2)15(18)17(20)23-3/h4-11H,1-3H3. The molecule has 1 aromatic carbocycles. The summed E-state index contributed by atoms with van der Waals surface area (Å²) < 4.78 is 14.7. The first-order valence-corrected chi connectivity index (χ1v) is 6.81. The van der Waals surface area contributed by atoms with E-state index in [1.807, 2.05) is 0 Å². The van der Waals surface area contributed by atoms with Gasteiger partial charge in [0.25, 0.3) is 0 Å². The Morgan fingerprint density at radius 1 is 0.913 bits per heavy atom. The molecule has 0 saturated heterocycles. The molecule has 6 nitrogen and oxygen atoms in total. The Balaban J connectivity index is 2.57. The Bertz CT molecular complexity index is 685. The molecule has 120 valence electrons. The molecule has 0 fully saturated rings. The Hall–Kier alpha value is -3.02. The second kappa shape index (κ2) is 7.31. The smallest absolute Gasteiger partial charge is 0.355 e. The lowest BCUT2D eigenvalue weighted by Gasteiger charge is -2.23. The Morgan fingerprint density at radius 3 is 2.13 bits per heavy atom. The molecule has 0 bridgehead atoms. The number of ether oxygens (including phenoxy) is 3. The van der Waals surface area contributed by atoms with Gasteiger partial charge in [-0.3, -0.25) is 0 Å². The van der Waals surface area contributed by atoms with Crippen molar-refractivity contribution in [2.24, 2.45) is 0 Å². The van der Waals surface area contributed by atoms with E-state index in [9.17, 15) is 9.59 Å². The maximum atomic E-state index is 12.2. The first-order valence-electron chi connectivity index (χ1n) is 6.81. The quantitative estimate of drug-likeness (QED) is 0.794. The van der Waals surface area contributed by atoms with Crippen LogP contribution >= 0.6 is 0 Å². The first-order chi connectivity index (χ1) is 11.1. The minimum atomic E-state index is -0.641. The molecule has 0 radical (unpaired) electrons. The third-order valence-electron chi connectivity index (χ3n) is 3.24. The summed E-state index contributed by atoms with van der Waals surface area (Å²) in [6, 6.07) is 7.06. The number of anilines is 1. The van der Waals surface area contributed by atoms with Crippen LogP contribution in [0.2, 0.25) is 0 Å². The van der Waals surface area contributed by atoms with E-state index >= 15 is 0 Å². The Morgan fingerprint density at radius 2 is 1.57 bits per heavy atom. The zero-order valence-corrected chi connectivity index (χ0v) is 13.1. The highest BCUT2D eigenvalue weighted by molar-refractivity contribution is 6.05. The van der Waals surface area contributed by atoms with Crippen molar-refractivity contribution in [2.75, 3.05) is 26.2 Å². The van der Waals surface area contributed by atoms with Crippen LogP contribution in [0.25, 0.3) is 0 Å². The monoisotopic (exact) mass is 315 g/mol. The van der Waals surface area contributed by atoms with Crippen molar-refractivity contribution in [2.45, 2.75) is 0 Å². The zero-order chi connectivity index (χ0) is 16.8. The topological polar surface area (TPSA) is 65.1 Å². The maximum absolute atomic E-state index is 12.2. The zero-order valence-electron chi connectivity index (χ0n) is 13.1. The van der Waals surface area contributed by atoms with Gasteiger partial charge in [0, 0.05) is 11.9 Å². The number of hydrogen-bond acceptors (Lipinski definition) is 6. The average molecular weight is 315 g/mol. The molecule has 0 aromatic heterocycles. The lowest BCUT2D eigenvalue weighted by molar-refractivity contribution is -0.139. The molecule has 2 rings (SSSR count). The van der Waals surface area contributed by atoms with E-state index in [0.29, 0.717) is 11.4 Å². The van der Waals surface area contributed by atoms with E-state index in [-0.39, 0.29) is 11.3 Å². The molecule has 0 N–H and O–H groups in total. The van der Waals surface area contributed by atoms with Crippen LogP contribution in [0.5, 0.6) is 5.75 Å². The largest absolute Gasteiger partial charge is 0.497 e. The molecule has 0 amide bonds. The molecule has 0 atom stereocenters. The van der Waals surface area contributed by atoms with E-state index < -0.39 is 11.9 Å². The molecule has 1 aliphatic rings. The summed E-state index contributed by atoms with van der Waals surface area (Å²) in [7, 11) is 4.09. The molecule has 6 heteroatoms. The molecule has 0 saturated carbocycles. The van der Waals surface area contributed by atoms with Crippen molar-refractivity contribution in [3.63, 3.8) is 0 Å². The van der Waals surface area contributed by atoms with Gasteiger partial charge >= 0.3 is 11.9 Å². The molecule has 23 heavy (non-hydrogen) atoms. The van der Waals surface area contributed by atoms with Crippen LogP contribution in [0, 0.1) is 0 Å². The predicted molar refractivity (Wildman–Crippen MR) is 84.8 cm³/mol. The molecular formula is C17H17NO5. The summed E-state index contributed by atoms with van der Waals surface area (Å²) in [5.74, 6) is -0.580. The van der Waals surface area contributed by atoms with Crippen LogP contribution in [0.1, 0.15) is 0 Å². The predicted octanol–water partition coefficient (Wildman–Crippen LogP) is 2.19. The van der Waals surface area contributed by atoms with Gasteiger partial charge in [-0.05, 0) is 36.4 Å².